The molecule has 1 aliphatic heterocycles. The van der Waals surface area contributed by atoms with E-state index in [9.17, 15) is 5.11 Å². The molecule has 1 aliphatic carbocycles. The Morgan fingerprint density at radius 2 is 1.93 bits per heavy atom. The third-order valence-electron chi connectivity index (χ3n) is 5.74. The maximum absolute atomic E-state index is 11.0. The van der Waals surface area contributed by atoms with Crippen molar-refractivity contribution in [3.8, 4) is 6.01 Å². The molecule has 0 amide bonds. The van der Waals surface area contributed by atoms with Gasteiger partial charge in [-0.05, 0) is 49.9 Å². The van der Waals surface area contributed by atoms with Crippen LogP contribution in [0.2, 0.25) is 0 Å². The first-order chi connectivity index (χ1) is 14.2. The Balaban J connectivity index is 1.49. The van der Waals surface area contributed by atoms with Gasteiger partial charge in [-0.1, -0.05) is 43.7 Å². The molecule has 2 heterocycles. The average Bonchev–Trinajstić information content (AvgIpc) is 3.38. The van der Waals surface area contributed by atoms with E-state index in [1.165, 1.54) is 31.5 Å². The molecule has 1 aromatic carbocycles. The van der Waals surface area contributed by atoms with Crippen LogP contribution in [-0.4, -0.2) is 39.7 Å². The molecule has 0 spiro atoms. The van der Waals surface area contributed by atoms with Crippen LogP contribution in [0.4, 0.5) is 5.82 Å². The van der Waals surface area contributed by atoms with E-state index in [-0.39, 0.29) is 6.01 Å². The normalized spacial score (nSPS) is 17.2. The standard InChI is InChI=1S/C23H30N4O2/c1-2-3-14-29-23-25-20-18(10-11-19(20)22(24)26-23)21(28)17-8-6-16(7-9-17)15-27-12-4-5-13-27/h6-10,21,28H,2-5,11-15H2,1H3,(H2,24,25,26). The van der Waals surface area contributed by atoms with Gasteiger partial charge in [0.05, 0.1) is 12.3 Å². The van der Waals surface area contributed by atoms with Crippen molar-refractivity contribution in [2.24, 2.45) is 0 Å². The van der Waals surface area contributed by atoms with Crippen LogP contribution >= 0.6 is 0 Å². The fourth-order valence-corrected chi connectivity index (χ4v) is 4.03. The lowest BCUT2D eigenvalue weighted by atomic mass is 9.99. The Bertz CT molecular complexity index is 873. The molecule has 1 fully saturated rings. The Morgan fingerprint density at radius 1 is 1.17 bits per heavy atom. The van der Waals surface area contributed by atoms with Crippen LogP contribution in [0.15, 0.2) is 30.3 Å². The first-order valence-corrected chi connectivity index (χ1v) is 10.6. The van der Waals surface area contributed by atoms with Crippen LogP contribution in [-0.2, 0) is 13.0 Å². The first-order valence-electron chi connectivity index (χ1n) is 10.6. The van der Waals surface area contributed by atoms with Gasteiger partial charge >= 0.3 is 6.01 Å². The molecule has 1 unspecified atom stereocenters. The summed E-state index contributed by atoms with van der Waals surface area (Å²) in [7, 11) is 0. The van der Waals surface area contributed by atoms with Gasteiger partial charge in [-0.25, -0.2) is 0 Å². The number of anilines is 1. The number of fused-ring (bicyclic) bond motifs is 1. The fourth-order valence-electron chi connectivity index (χ4n) is 4.03. The molecule has 1 aromatic heterocycles. The second kappa shape index (κ2) is 8.93. The number of rotatable bonds is 8. The molecule has 4 rings (SSSR count). The van der Waals surface area contributed by atoms with Crippen LogP contribution in [0, 0.1) is 0 Å². The van der Waals surface area contributed by atoms with Crippen LogP contribution in [0.25, 0.3) is 5.57 Å². The van der Waals surface area contributed by atoms with Gasteiger partial charge < -0.3 is 15.6 Å². The number of benzene rings is 1. The Labute approximate surface area is 172 Å². The molecule has 154 valence electrons. The topological polar surface area (TPSA) is 84.5 Å². The lowest BCUT2D eigenvalue weighted by Crippen LogP contribution is -2.18. The molecule has 6 nitrogen and oxygen atoms in total. The Hall–Kier alpha value is -2.44. The second-order valence-electron chi connectivity index (χ2n) is 7.91. The molecule has 2 aromatic rings. The maximum Gasteiger partial charge on any atom is 0.318 e. The number of hydrogen-bond acceptors (Lipinski definition) is 6. The largest absolute Gasteiger partial charge is 0.463 e. The number of aromatic nitrogens is 2. The zero-order chi connectivity index (χ0) is 20.2. The highest BCUT2D eigenvalue weighted by molar-refractivity contribution is 5.77. The third kappa shape index (κ3) is 4.43. The lowest BCUT2D eigenvalue weighted by molar-refractivity contribution is 0.237. The highest BCUT2D eigenvalue weighted by atomic mass is 16.5. The number of nitrogen functional groups attached to an aromatic ring is 1. The summed E-state index contributed by atoms with van der Waals surface area (Å²) in [6.45, 7) is 6.00. The molecule has 29 heavy (non-hydrogen) atoms. The summed E-state index contributed by atoms with van der Waals surface area (Å²) in [4.78, 5) is 11.3. The van der Waals surface area contributed by atoms with Crippen molar-refractivity contribution in [1.82, 2.24) is 14.9 Å². The van der Waals surface area contributed by atoms with E-state index in [1.807, 2.05) is 18.2 Å². The van der Waals surface area contributed by atoms with Crippen LogP contribution in [0.1, 0.15) is 61.1 Å². The van der Waals surface area contributed by atoms with Crippen molar-refractivity contribution in [1.29, 1.82) is 0 Å². The van der Waals surface area contributed by atoms with Crippen LogP contribution in [0.5, 0.6) is 6.01 Å². The predicted molar refractivity (Wildman–Crippen MR) is 114 cm³/mol. The monoisotopic (exact) mass is 394 g/mol. The van der Waals surface area contributed by atoms with Crippen molar-refractivity contribution in [2.75, 3.05) is 25.4 Å². The minimum absolute atomic E-state index is 0.288. The van der Waals surface area contributed by atoms with Gasteiger partial charge in [0.2, 0.25) is 0 Å². The van der Waals surface area contributed by atoms with E-state index in [0.29, 0.717) is 24.5 Å². The number of aliphatic hydroxyl groups excluding tert-OH is 1. The third-order valence-corrected chi connectivity index (χ3v) is 5.74. The summed E-state index contributed by atoms with van der Waals surface area (Å²) < 4.78 is 5.65. The van der Waals surface area contributed by atoms with Crippen molar-refractivity contribution < 1.29 is 9.84 Å². The summed E-state index contributed by atoms with van der Waals surface area (Å²) in [5.41, 5.74) is 10.6. The van der Waals surface area contributed by atoms with Gasteiger partial charge in [-0.3, -0.25) is 4.90 Å². The van der Waals surface area contributed by atoms with E-state index >= 15 is 0 Å². The number of allylic oxidation sites excluding steroid dienone is 1. The van der Waals surface area contributed by atoms with E-state index < -0.39 is 6.10 Å². The summed E-state index contributed by atoms with van der Waals surface area (Å²) in [6, 6.07) is 8.54. The van der Waals surface area contributed by atoms with Gasteiger partial charge in [-0.2, -0.15) is 9.97 Å². The summed E-state index contributed by atoms with van der Waals surface area (Å²) in [5, 5.41) is 11.0. The van der Waals surface area contributed by atoms with Gasteiger partial charge in [0, 0.05) is 17.7 Å². The maximum atomic E-state index is 11.0. The SMILES string of the molecule is CCCCOc1nc(N)c2c(n1)C(C(O)c1ccc(CN3CCCC3)cc1)=CC2. The minimum atomic E-state index is -0.741. The van der Waals surface area contributed by atoms with E-state index in [1.54, 1.807) is 0 Å². The molecular formula is C23H30N4O2. The zero-order valence-corrected chi connectivity index (χ0v) is 17.1. The number of aliphatic hydroxyl groups is 1. The molecule has 0 saturated carbocycles. The number of hydrogen-bond donors (Lipinski definition) is 2. The lowest BCUT2D eigenvalue weighted by Gasteiger charge is -2.17. The summed E-state index contributed by atoms with van der Waals surface area (Å²) in [6.07, 6.45) is 6.45. The zero-order valence-electron chi connectivity index (χ0n) is 17.1. The van der Waals surface area contributed by atoms with Crippen LogP contribution < -0.4 is 10.5 Å². The number of nitrogens with zero attached hydrogens (tertiary/aromatic N) is 3. The van der Waals surface area contributed by atoms with Gasteiger partial charge in [-0.15, -0.1) is 0 Å². The molecule has 0 radical (unpaired) electrons. The quantitative estimate of drug-likeness (QED) is 0.667. The highest BCUT2D eigenvalue weighted by Crippen LogP contribution is 2.38. The average molecular weight is 395 g/mol. The highest BCUT2D eigenvalue weighted by Gasteiger charge is 2.26. The van der Waals surface area contributed by atoms with E-state index in [0.717, 1.165) is 36.1 Å². The van der Waals surface area contributed by atoms with Gasteiger partial charge in [0.15, 0.2) is 0 Å². The van der Waals surface area contributed by atoms with Crippen molar-refractivity contribution in [3.63, 3.8) is 0 Å². The number of nitrogens with two attached hydrogens (primary N) is 1. The molecule has 6 heteroatoms. The van der Waals surface area contributed by atoms with Crippen LogP contribution in [0.3, 0.4) is 0 Å². The number of ether oxygens (including phenoxy) is 1. The van der Waals surface area contributed by atoms with E-state index in [2.05, 4.69) is 33.9 Å². The molecular weight excluding hydrogens is 364 g/mol. The van der Waals surface area contributed by atoms with Crippen molar-refractivity contribution >= 4 is 11.4 Å². The minimum Gasteiger partial charge on any atom is -0.463 e. The Morgan fingerprint density at radius 3 is 2.66 bits per heavy atom. The second-order valence-corrected chi connectivity index (χ2v) is 7.91. The molecule has 1 saturated heterocycles. The number of unbranched alkanes of at least 4 members (excludes halogenated alkanes) is 1. The first kappa shape index (κ1) is 19.9. The van der Waals surface area contributed by atoms with Gasteiger partial charge in [0.1, 0.15) is 11.9 Å². The van der Waals surface area contributed by atoms with E-state index in [4.69, 9.17) is 10.5 Å². The number of likely N-dealkylation sites (tertiary alicyclic amines) is 1. The summed E-state index contributed by atoms with van der Waals surface area (Å²) in [5.74, 6) is 0.431. The smallest absolute Gasteiger partial charge is 0.318 e. The molecule has 2 aliphatic rings. The fraction of sp³-hybridized carbons (Fsp3) is 0.478. The van der Waals surface area contributed by atoms with Gasteiger partial charge in [0.25, 0.3) is 0 Å². The predicted octanol–water partition coefficient (Wildman–Crippen LogP) is 3.51. The van der Waals surface area contributed by atoms with Crippen molar-refractivity contribution in [2.45, 2.75) is 51.7 Å². The molecule has 0 bridgehead atoms. The summed E-state index contributed by atoms with van der Waals surface area (Å²) >= 11 is 0. The molecule has 3 N–H and O–H groups in total. The van der Waals surface area contributed by atoms with Crippen molar-refractivity contribution in [3.05, 3.63) is 52.7 Å². The Kier molecular flexibility index (Phi) is 6.11. The molecule has 1 atom stereocenters.